The average Bonchev–Trinajstić information content (AvgIpc) is 2.52. The lowest BCUT2D eigenvalue weighted by Gasteiger charge is -2.06. The standard InChI is InChI=1S/C13H16FN3/c1-4-13-8(2)16-17(9(13)3)12-6-10(14)5-11(15)7-12/h5-7H,4,15H2,1-3H3. The van der Waals surface area contributed by atoms with Gasteiger partial charge in [0.2, 0.25) is 0 Å². The summed E-state index contributed by atoms with van der Waals surface area (Å²) in [5.74, 6) is -0.342. The van der Waals surface area contributed by atoms with E-state index in [0.29, 0.717) is 11.4 Å². The van der Waals surface area contributed by atoms with Crippen molar-refractivity contribution in [2.24, 2.45) is 0 Å². The summed E-state index contributed by atoms with van der Waals surface area (Å²) in [5, 5.41) is 4.43. The van der Waals surface area contributed by atoms with Gasteiger partial charge in [0, 0.05) is 11.4 Å². The number of nitrogens with two attached hydrogens (primary N) is 1. The van der Waals surface area contributed by atoms with Crippen molar-refractivity contribution in [1.29, 1.82) is 0 Å². The molecule has 1 heterocycles. The van der Waals surface area contributed by atoms with Crippen LogP contribution in [0.25, 0.3) is 5.69 Å². The van der Waals surface area contributed by atoms with Gasteiger partial charge in [-0.3, -0.25) is 0 Å². The lowest BCUT2D eigenvalue weighted by Crippen LogP contribution is -2.01. The smallest absolute Gasteiger partial charge is 0.127 e. The Morgan fingerprint density at radius 1 is 1.29 bits per heavy atom. The van der Waals surface area contributed by atoms with Crippen LogP contribution in [-0.4, -0.2) is 9.78 Å². The molecule has 0 saturated heterocycles. The first-order chi connectivity index (χ1) is 8.02. The third-order valence-electron chi connectivity index (χ3n) is 2.94. The molecule has 0 aliphatic heterocycles. The molecule has 0 amide bonds. The average molecular weight is 233 g/mol. The first-order valence-electron chi connectivity index (χ1n) is 5.64. The van der Waals surface area contributed by atoms with Crippen LogP contribution >= 0.6 is 0 Å². The highest BCUT2D eigenvalue weighted by molar-refractivity contribution is 5.49. The largest absolute Gasteiger partial charge is 0.399 e. The number of anilines is 1. The highest BCUT2D eigenvalue weighted by Crippen LogP contribution is 2.20. The van der Waals surface area contributed by atoms with Crippen molar-refractivity contribution in [3.63, 3.8) is 0 Å². The maximum atomic E-state index is 13.3. The molecule has 0 fully saturated rings. The summed E-state index contributed by atoms with van der Waals surface area (Å²) in [6.07, 6.45) is 0.919. The first kappa shape index (κ1) is 11.6. The maximum absolute atomic E-state index is 13.3. The number of aromatic nitrogens is 2. The number of benzene rings is 1. The van der Waals surface area contributed by atoms with E-state index in [4.69, 9.17) is 5.73 Å². The molecule has 2 N–H and O–H groups in total. The zero-order chi connectivity index (χ0) is 12.6. The minimum atomic E-state index is -0.342. The molecule has 2 rings (SSSR count). The topological polar surface area (TPSA) is 43.8 Å². The first-order valence-corrected chi connectivity index (χ1v) is 5.64. The number of nitrogen functional groups attached to an aromatic ring is 1. The summed E-state index contributed by atoms with van der Waals surface area (Å²) in [6, 6.07) is 4.47. The fourth-order valence-corrected chi connectivity index (χ4v) is 2.16. The molecule has 0 spiro atoms. The van der Waals surface area contributed by atoms with Crippen molar-refractivity contribution >= 4 is 5.69 Å². The van der Waals surface area contributed by atoms with Gasteiger partial charge in [0.05, 0.1) is 11.4 Å². The summed E-state index contributed by atoms with van der Waals surface area (Å²) >= 11 is 0. The quantitative estimate of drug-likeness (QED) is 0.810. The van der Waals surface area contributed by atoms with E-state index in [0.717, 1.165) is 17.8 Å². The predicted octanol–water partition coefficient (Wildman–Crippen LogP) is 2.77. The second-order valence-electron chi connectivity index (χ2n) is 4.16. The molecule has 3 nitrogen and oxygen atoms in total. The van der Waals surface area contributed by atoms with E-state index < -0.39 is 0 Å². The monoisotopic (exact) mass is 233 g/mol. The fourth-order valence-electron chi connectivity index (χ4n) is 2.16. The second-order valence-corrected chi connectivity index (χ2v) is 4.16. The highest BCUT2D eigenvalue weighted by Gasteiger charge is 2.11. The molecule has 0 radical (unpaired) electrons. The Hall–Kier alpha value is -1.84. The van der Waals surface area contributed by atoms with Gasteiger partial charge in [0.1, 0.15) is 5.82 Å². The van der Waals surface area contributed by atoms with Crippen molar-refractivity contribution in [3.05, 3.63) is 41.0 Å². The van der Waals surface area contributed by atoms with Crippen molar-refractivity contribution in [3.8, 4) is 5.69 Å². The van der Waals surface area contributed by atoms with E-state index >= 15 is 0 Å². The van der Waals surface area contributed by atoms with E-state index in [2.05, 4.69) is 12.0 Å². The maximum Gasteiger partial charge on any atom is 0.127 e. The summed E-state index contributed by atoms with van der Waals surface area (Å²) in [5.41, 5.74) is 9.94. The Morgan fingerprint density at radius 2 is 2.00 bits per heavy atom. The third kappa shape index (κ3) is 2.02. The minimum Gasteiger partial charge on any atom is -0.399 e. The second kappa shape index (κ2) is 4.20. The molecule has 17 heavy (non-hydrogen) atoms. The molecule has 1 aromatic heterocycles. The van der Waals surface area contributed by atoms with Crippen LogP contribution in [0.15, 0.2) is 18.2 Å². The van der Waals surface area contributed by atoms with Gasteiger partial charge < -0.3 is 5.73 Å². The molecular formula is C13H16FN3. The van der Waals surface area contributed by atoms with Crippen LogP contribution in [0.5, 0.6) is 0 Å². The van der Waals surface area contributed by atoms with Gasteiger partial charge in [-0.1, -0.05) is 6.92 Å². The van der Waals surface area contributed by atoms with Gasteiger partial charge in [0.15, 0.2) is 0 Å². The Balaban J connectivity index is 2.60. The van der Waals surface area contributed by atoms with Gasteiger partial charge in [-0.15, -0.1) is 0 Å². The Labute approximate surface area is 100 Å². The molecule has 90 valence electrons. The van der Waals surface area contributed by atoms with Gasteiger partial charge in [-0.25, -0.2) is 9.07 Å². The summed E-state index contributed by atoms with van der Waals surface area (Å²) in [7, 11) is 0. The summed E-state index contributed by atoms with van der Waals surface area (Å²) in [6.45, 7) is 6.03. The molecule has 0 atom stereocenters. The normalized spacial score (nSPS) is 10.8. The molecule has 0 aliphatic carbocycles. The molecule has 2 aromatic rings. The van der Waals surface area contributed by atoms with Crippen molar-refractivity contribution in [2.45, 2.75) is 27.2 Å². The van der Waals surface area contributed by atoms with Gasteiger partial charge in [-0.05, 0) is 44.0 Å². The van der Waals surface area contributed by atoms with E-state index in [-0.39, 0.29) is 5.82 Å². The molecule has 1 aromatic carbocycles. The van der Waals surface area contributed by atoms with E-state index in [1.54, 1.807) is 10.7 Å². The fraction of sp³-hybridized carbons (Fsp3) is 0.308. The van der Waals surface area contributed by atoms with E-state index in [9.17, 15) is 4.39 Å². The Morgan fingerprint density at radius 3 is 2.53 bits per heavy atom. The van der Waals surface area contributed by atoms with E-state index in [1.807, 2.05) is 13.8 Å². The van der Waals surface area contributed by atoms with Crippen molar-refractivity contribution in [1.82, 2.24) is 9.78 Å². The number of hydrogen-bond acceptors (Lipinski definition) is 2. The van der Waals surface area contributed by atoms with Gasteiger partial charge in [-0.2, -0.15) is 5.10 Å². The Bertz CT molecular complexity index is 538. The number of rotatable bonds is 2. The highest BCUT2D eigenvalue weighted by atomic mass is 19.1. The van der Waals surface area contributed by atoms with Crippen molar-refractivity contribution < 1.29 is 4.39 Å². The van der Waals surface area contributed by atoms with Crippen LogP contribution in [0.1, 0.15) is 23.9 Å². The number of halogens is 1. The minimum absolute atomic E-state index is 0.342. The Kier molecular flexibility index (Phi) is 2.88. The molecule has 0 unspecified atom stereocenters. The van der Waals surface area contributed by atoms with Crippen LogP contribution in [0.3, 0.4) is 0 Å². The van der Waals surface area contributed by atoms with Crippen LogP contribution in [-0.2, 0) is 6.42 Å². The lowest BCUT2D eigenvalue weighted by atomic mass is 10.1. The summed E-state index contributed by atoms with van der Waals surface area (Å²) < 4.78 is 15.1. The van der Waals surface area contributed by atoms with Crippen LogP contribution in [0.4, 0.5) is 10.1 Å². The molecule has 0 aliphatic rings. The number of nitrogens with zero attached hydrogens (tertiary/aromatic N) is 2. The number of hydrogen-bond donors (Lipinski definition) is 1. The van der Waals surface area contributed by atoms with Crippen LogP contribution in [0.2, 0.25) is 0 Å². The molecule has 0 saturated carbocycles. The zero-order valence-corrected chi connectivity index (χ0v) is 10.3. The predicted molar refractivity (Wildman–Crippen MR) is 66.8 cm³/mol. The van der Waals surface area contributed by atoms with Gasteiger partial charge >= 0.3 is 0 Å². The van der Waals surface area contributed by atoms with Crippen LogP contribution in [0, 0.1) is 19.7 Å². The molecule has 4 heteroatoms. The number of aryl methyl sites for hydroxylation is 1. The lowest BCUT2D eigenvalue weighted by molar-refractivity contribution is 0.625. The third-order valence-corrected chi connectivity index (χ3v) is 2.94. The molecule has 0 bridgehead atoms. The van der Waals surface area contributed by atoms with E-state index in [1.165, 1.54) is 17.7 Å². The summed E-state index contributed by atoms with van der Waals surface area (Å²) in [4.78, 5) is 0. The van der Waals surface area contributed by atoms with Gasteiger partial charge in [0.25, 0.3) is 0 Å². The zero-order valence-electron chi connectivity index (χ0n) is 10.3. The van der Waals surface area contributed by atoms with Crippen LogP contribution < -0.4 is 5.73 Å². The molecular weight excluding hydrogens is 217 g/mol. The van der Waals surface area contributed by atoms with Crippen molar-refractivity contribution in [2.75, 3.05) is 5.73 Å². The SMILES string of the molecule is CCc1c(C)nn(-c2cc(N)cc(F)c2)c1C.